The van der Waals surface area contributed by atoms with Gasteiger partial charge in [-0.1, -0.05) is 61.5 Å². The quantitative estimate of drug-likeness (QED) is 0.674. The molecule has 3 nitrogen and oxygen atoms in total. The minimum Gasteiger partial charge on any atom is -0.451 e. The van der Waals surface area contributed by atoms with Gasteiger partial charge in [-0.2, -0.15) is 0 Å². The van der Waals surface area contributed by atoms with E-state index in [1.807, 2.05) is 60.7 Å². The van der Waals surface area contributed by atoms with Gasteiger partial charge in [0.2, 0.25) is 0 Å². The number of carbonyl (C=O) groups is 1. The van der Waals surface area contributed by atoms with E-state index in [-0.39, 0.29) is 5.97 Å². The maximum atomic E-state index is 11.9. The highest BCUT2D eigenvalue weighted by molar-refractivity contribution is 5.85. The predicted molar refractivity (Wildman–Crippen MR) is 86.4 cm³/mol. The number of benzene rings is 2. The SMILES string of the molecule is CCC(=O)O[C@@H](c1ccccc1)c1nccc2ccccc12. The monoisotopic (exact) mass is 291 g/mol. The van der Waals surface area contributed by atoms with Crippen LogP contribution < -0.4 is 0 Å². The summed E-state index contributed by atoms with van der Waals surface area (Å²) in [5, 5.41) is 2.09. The predicted octanol–water partition coefficient (Wildman–Crippen LogP) is 4.28. The number of esters is 1. The Hall–Kier alpha value is -2.68. The Kier molecular flexibility index (Phi) is 4.15. The molecule has 0 N–H and O–H groups in total. The van der Waals surface area contributed by atoms with E-state index < -0.39 is 6.10 Å². The Morgan fingerprint density at radius 1 is 1.05 bits per heavy atom. The maximum absolute atomic E-state index is 11.9. The first kappa shape index (κ1) is 14.3. The van der Waals surface area contributed by atoms with Crippen molar-refractivity contribution in [2.24, 2.45) is 0 Å². The van der Waals surface area contributed by atoms with E-state index in [2.05, 4.69) is 4.98 Å². The van der Waals surface area contributed by atoms with Crippen molar-refractivity contribution in [3.63, 3.8) is 0 Å². The highest BCUT2D eigenvalue weighted by Crippen LogP contribution is 2.30. The van der Waals surface area contributed by atoms with Crippen LogP contribution in [0.25, 0.3) is 10.8 Å². The molecule has 3 aromatic rings. The third kappa shape index (κ3) is 2.84. The zero-order chi connectivity index (χ0) is 15.4. The van der Waals surface area contributed by atoms with Gasteiger partial charge in [-0.3, -0.25) is 9.78 Å². The van der Waals surface area contributed by atoms with E-state index in [0.29, 0.717) is 6.42 Å². The number of aromatic nitrogens is 1. The van der Waals surface area contributed by atoms with Gasteiger partial charge < -0.3 is 4.74 Å². The lowest BCUT2D eigenvalue weighted by Crippen LogP contribution is -2.13. The molecule has 0 aliphatic heterocycles. The summed E-state index contributed by atoms with van der Waals surface area (Å²) in [7, 11) is 0. The maximum Gasteiger partial charge on any atom is 0.306 e. The average Bonchev–Trinajstić information content (AvgIpc) is 2.60. The Bertz CT molecular complexity index is 778. The Labute approximate surface area is 129 Å². The molecule has 3 rings (SSSR count). The Balaban J connectivity index is 2.13. The first-order valence-corrected chi connectivity index (χ1v) is 7.37. The Morgan fingerprint density at radius 3 is 2.55 bits per heavy atom. The second-order valence-corrected chi connectivity index (χ2v) is 5.05. The van der Waals surface area contributed by atoms with Crippen molar-refractivity contribution in [3.8, 4) is 0 Å². The first-order chi connectivity index (χ1) is 10.8. The number of hydrogen-bond donors (Lipinski definition) is 0. The van der Waals surface area contributed by atoms with Gasteiger partial charge in [0.1, 0.15) is 0 Å². The first-order valence-electron chi connectivity index (χ1n) is 7.37. The Morgan fingerprint density at radius 2 is 1.77 bits per heavy atom. The van der Waals surface area contributed by atoms with Crippen molar-refractivity contribution in [1.29, 1.82) is 0 Å². The van der Waals surface area contributed by atoms with Crippen LogP contribution >= 0.6 is 0 Å². The fraction of sp³-hybridized carbons (Fsp3) is 0.158. The topological polar surface area (TPSA) is 39.2 Å². The zero-order valence-electron chi connectivity index (χ0n) is 12.4. The van der Waals surface area contributed by atoms with Crippen molar-refractivity contribution in [1.82, 2.24) is 4.98 Å². The minimum absolute atomic E-state index is 0.233. The molecule has 0 fully saturated rings. The summed E-state index contributed by atoms with van der Waals surface area (Å²) in [5.41, 5.74) is 1.69. The van der Waals surface area contributed by atoms with E-state index in [1.165, 1.54) is 0 Å². The molecule has 1 aromatic heterocycles. The summed E-state index contributed by atoms with van der Waals surface area (Å²) in [4.78, 5) is 16.3. The molecule has 0 bridgehead atoms. The van der Waals surface area contributed by atoms with Crippen molar-refractivity contribution in [2.45, 2.75) is 19.4 Å². The van der Waals surface area contributed by atoms with Gasteiger partial charge in [0.25, 0.3) is 0 Å². The summed E-state index contributed by atoms with van der Waals surface area (Å²) in [6.07, 6.45) is 1.61. The summed E-state index contributed by atoms with van der Waals surface area (Å²) < 4.78 is 5.68. The van der Waals surface area contributed by atoms with E-state index in [9.17, 15) is 4.79 Å². The second kappa shape index (κ2) is 6.39. The van der Waals surface area contributed by atoms with Gasteiger partial charge in [-0.25, -0.2) is 0 Å². The number of hydrogen-bond acceptors (Lipinski definition) is 3. The standard InChI is InChI=1S/C19H17NO2/c1-2-17(21)22-19(15-9-4-3-5-10-15)18-16-11-7-6-8-14(16)12-13-20-18/h3-13,19H,2H2,1H3/t19-/m0/s1. The molecule has 22 heavy (non-hydrogen) atoms. The molecule has 1 atom stereocenters. The molecule has 0 spiro atoms. The highest BCUT2D eigenvalue weighted by atomic mass is 16.5. The van der Waals surface area contributed by atoms with Crippen molar-refractivity contribution in [2.75, 3.05) is 0 Å². The number of carbonyl (C=O) groups excluding carboxylic acids is 1. The normalized spacial score (nSPS) is 12.0. The van der Waals surface area contributed by atoms with Gasteiger partial charge >= 0.3 is 5.97 Å². The van der Waals surface area contributed by atoms with Gasteiger partial charge in [-0.15, -0.1) is 0 Å². The molecule has 0 aliphatic carbocycles. The van der Waals surface area contributed by atoms with E-state index in [1.54, 1.807) is 13.1 Å². The van der Waals surface area contributed by atoms with Crippen LogP contribution in [-0.2, 0) is 9.53 Å². The number of fused-ring (bicyclic) bond motifs is 1. The van der Waals surface area contributed by atoms with Gasteiger partial charge in [-0.05, 0) is 17.0 Å². The molecule has 0 unspecified atom stereocenters. The molecule has 0 aliphatic rings. The number of ether oxygens (including phenoxy) is 1. The number of nitrogens with zero attached hydrogens (tertiary/aromatic N) is 1. The smallest absolute Gasteiger partial charge is 0.306 e. The van der Waals surface area contributed by atoms with Crippen LogP contribution in [0.5, 0.6) is 0 Å². The van der Waals surface area contributed by atoms with Crippen LogP contribution in [0.4, 0.5) is 0 Å². The van der Waals surface area contributed by atoms with Gasteiger partial charge in [0, 0.05) is 18.0 Å². The highest BCUT2D eigenvalue weighted by Gasteiger charge is 2.21. The van der Waals surface area contributed by atoms with Gasteiger partial charge in [0.05, 0.1) is 5.69 Å². The van der Waals surface area contributed by atoms with Crippen LogP contribution in [0.3, 0.4) is 0 Å². The molecular weight excluding hydrogens is 274 g/mol. The summed E-state index contributed by atoms with van der Waals surface area (Å²) in [5.74, 6) is -0.233. The summed E-state index contributed by atoms with van der Waals surface area (Å²) in [6, 6.07) is 19.7. The van der Waals surface area contributed by atoms with Crippen LogP contribution in [-0.4, -0.2) is 11.0 Å². The largest absolute Gasteiger partial charge is 0.451 e. The van der Waals surface area contributed by atoms with Gasteiger partial charge in [0.15, 0.2) is 6.10 Å². The molecule has 0 saturated heterocycles. The van der Waals surface area contributed by atoms with Crippen molar-refractivity contribution < 1.29 is 9.53 Å². The lowest BCUT2D eigenvalue weighted by Gasteiger charge is -2.19. The molecule has 0 radical (unpaired) electrons. The van der Waals surface area contributed by atoms with Crippen LogP contribution in [0, 0.1) is 0 Å². The van der Waals surface area contributed by atoms with E-state index in [0.717, 1.165) is 22.0 Å². The molecule has 0 amide bonds. The lowest BCUT2D eigenvalue weighted by atomic mass is 10.0. The zero-order valence-corrected chi connectivity index (χ0v) is 12.4. The number of rotatable bonds is 4. The molecule has 1 heterocycles. The van der Waals surface area contributed by atoms with Crippen LogP contribution in [0.1, 0.15) is 30.7 Å². The summed E-state index contributed by atoms with van der Waals surface area (Å²) in [6.45, 7) is 1.79. The molecule has 2 aromatic carbocycles. The average molecular weight is 291 g/mol. The minimum atomic E-state index is -0.486. The lowest BCUT2D eigenvalue weighted by molar-refractivity contribution is -0.147. The third-order valence-electron chi connectivity index (χ3n) is 3.59. The molecular formula is C19H17NO2. The molecule has 0 saturated carbocycles. The van der Waals surface area contributed by atoms with Crippen molar-refractivity contribution in [3.05, 3.63) is 78.1 Å². The van der Waals surface area contributed by atoms with E-state index in [4.69, 9.17) is 4.74 Å². The van der Waals surface area contributed by atoms with Crippen LogP contribution in [0.15, 0.2) is 66.9 Å². The molecule has 3 heteroatoms. The fourth-order valence-electron chi connectivity index (χ4n) is 2.48. The van der Waals surface area contributed by atoms with Crippen molar-refractivity contribution >= 4 is 16.7 Å². The number of pyridine rings is 1. The molecule has 110 valence electrons. The van der Waals surface area contributed by atoms with E-state index >= 15 is 0 Å². The third-order valence-corrected chi connectivity index (χ3v) is 3.59. The summed E-state index contributed by atoms with van der Waals surface area (Å²) >= 11 is 0. The second-order valence-electron chi connectivity index (χ2n) is 5.05. The van der Waals surface area contributed by atoms with Crippen LogP contribution in [0.2, 0.25) is 0 Å². The fourth-order valence-corrected chi connectivity index (χ4v) is 2.48.